The summed E-state index contributed by atoms with van der Waals surface area (Å²) in [6, 6.07) is 5.28. The predicted molar refractivity (Wildman–Crippen MR) is 108 cm³/mol. The van der Waals surface area contributed by atoms with Gasteiger partial charge in [0.25, 0.3) is 5.95 Å². The van der Waals surface area contributed by atoms with E-state index in [4.69, 9.17) is 0 Å². The van der Waals surface area contributed by atoms with E-state index >= 15 is 0 Å². The largest absolute Gasteiger partial charge is 0.251 e. The molecule has 29 heavy (non-hydrogen) atoms. The van der Waals surface area contributed by atoms with Gasteiger partial charge in [0.1, 0.15) is 5.82 Å². The molecule has 2 aromatic rings. The van der Waals surface area contributed by atoms with Crippen molar-refractivity contribution in [3.05, 3.63) is 53.4 Å². The molecule has 1 heterocycles. The van der Waals surface area contributed by atoms with Crippen molar-refractivity contribution in [2.45, 2.75) is 77.0 Å². The van der Waals surface area contributed by atoms with Gasteiger partial charge in [0.05, 0.1) is 0 Å². The van der Waals surface area contributed by atoms with Gasteiger partial charge < -0.3 is 0 Å². The average molecular weight is 407 g/mol. The van der Waals surface area contributed by atoms with Crippen LogP contribution in [0, 0.1) is 29.4 Å². The summed E-state index contributed by atoms with van der Waals surface area (Å²) >= 11 is 0. The lowest BCUT2D eigenvalue weighted by molar-refractivity contribution is 0.301. The van der Waals surface area contributed by atoms with Crippen molar-refractivity contribution in [3.8, 4) is 11.1 Å². The van der Waals surface area contributed by atoms with Gasteiger partial charge in [-0.3, -0.25) is 0 Å². The molecular formula is C24H29F4N. The minimum atomic E-state index is -1.52. The van der Waals surface area contributed by atoms with E-state index in [1.807, 2.05) is 0 Å². The van der Waals surface area contributed by atoms with Crippen LogP contribution >= 0.6 is 0 Å². The molecule has 1 saturated carbocycles. The fourth-order valence-corrected chi connectivity index (χ4v) is 4.46. The topological polar surface area (TPSA) is 12.9 Å². The molecule has 1 aliphatic carbocycles. The molecule has 1 aliphatic rings. The molecule has 0 aliphatic heterocycles. The fraction of sp³-hybridized carbons (Fsp3) is 0.542. The minimum absolute atomic E-state index is 0.0987. The molecular weight excluding hydrogens is 378 g/mol. The average Bonchev–Trinajstić information content (AvgIpc) is 2.71. The molecule has 1 fully saturated rings. The summed E-state index contributed by atoms with van der Waals surface area (Å²) in [4.78, 5) is 2.88. The van der Waals surface area contributed by atoms with Crippen LogP contribution in [0.15, 0.2) is 24.3 Å². The molecule has 0 bridgehead atoms. The summed E-state index contributed by atoms with van der Waals surface area (Å²) in [5.41, 5.74) is 0.432. The maximum Gasteiger partial charge on any atom is 0.251 e. The summed E-state index contributed by atoms with van der Waals surface area (Å²) in [6.45, 7) is 2.22. The van der Waals surface area contributed by atoms with E-state index in [0.717, 1.165) is 37.2 Å². The van der Waals surface area contributed by atoms with Crippen LogP contribution in [0.4, 0.5) is 17.6 Å². The summed E-state index contributed by atoms with van der Waals surface area (Å²) in [5, 5.41) is 0. The van der Waals surface area contributed by atoms with Crippen LogP contribution in [-0.2, 0) is 0 Å². The van der Waals surface area contributed by atoms with Crippen molar-refractivity contribution in [1.82, 2.24) is 4.98 Å². The van der Waals surface area contributed by atoms with Gasteiger partial charge in [-0.25, -0.2) is 8.78 Å². The Morgan fingerprint density at radius 2 is 1.52 bits per heavy atom. The maximum atomic E-state index is 14.6. The van der Waals surface area contributed by atoms with Crippen LogP contribution in [0.3, 0.4) is 0 Å². The van der Waals surface area contributed by atoms with Crippen molar-refractivity contribution >= 4 is 0 Å². The van der Waals surface area contributed by atoms with Crippen molar-refractivity contribution in [2.75, 3.05) is 0 Å². The minimum Gasteiger partial charge on any atom is -0.206 e. The number of hydrogen-bond acceptors (Lipinski definition) is 1. The Labute approximate surface area is 170 Å². The number of rotatable bonds is 8. The Balaban J connectivity index is 1.60. The van der Waals surface area contributed by atoms with E-state index in [1.54, 1.807) is 6.07 Å². The SMILES string of the molecule is CCCCCCCC1CCC(c2ccc(-c3cc(F)c(F)nc3F)c(F)c2)CC1. The van der Waals surface area contributed by atoms with Crippen LogP contribution < -0.4 is 0 Å². The lowest BCUT2D eigenvalue weighted by Crippen LogP contribution is -2.13. The van der Waals surface area contributed by atoms with Gasteiger partial charge in [0.15, 0.2) is 5.82 Å². The van der Waals surface area contributed by atoms with Crippen LogP contribution in [-0.4, -0.2) is 4.98 Å². The first-order chi connectivity index (χ1) is 14.0. The zero-order valence-electron chi connectivity index (χ0n) is 17.0. The second kappa shape index (κ2) is 10.2. The van der Waals surface area contributed by atoms with E-state index in [1.165, 1.54) is 50.7 Å². The number of halogens is 4. The quantitative estimate of drug-likeness (QED) is 0.246. The van der Waals surface area contributed by atoms with Crippen molar-refractivity contribution in [3.63, 3.8) is 0 Å². The van der Waals surface area contributed by atoms with Crippen molar-refractivity contribution in [2.24, 2.45) is 5.92 Å². The molecule has 0 radical (unpaired) electrons. The smallest absolute Gasteiger partial charge is 0.206 e. The third-order valence-corrected chi connectivity index (χ3v) is 6.20. The Kier molecular flexibility index (Phi) is 7.68. The maximum absolute atomic E-state index is 14.6. The Morgan fingerprint density at radius 1 is 0.793 bits per heavy atom. The van der Waals surface area contributed by atoms with Crippen LogP contribution in [0.2, 0.25) is 0 Å². The molecule has 0 amide bonds. The standard InChI is InChI=1S/C24H29F4N/c1-2-3-4-5-6-7-16-8-10-17(11-9-16)18-12-13-19(21(25)14-18)20-15-22(26)24(28)29-23(20)27/h12-17H,2-11H2,1H3. The summed E-state index contributed by atoms with van der Waals surface area (Å²) < 4.78 is 55.0. The van der Waals surface area contributed by atoms with Gasteiger partial charge in [0.2, 0.25) is 5.95 Å². The second-order valence-corrected chi connectivity index (χ2v) is 8.26. The van der Waals surface area contributed by atoms with E-state index < -0.39 is 23.5 Å². The molecule has 1 nitrogen and oxygen atoms in total. The highest BCUT2D eigenvalue weighted by Crippen LogP contribution is 2.39. The third-order valence-electron chi connectivity index (χ3n) is 6.20. The van der Waals surface area contributed by atoms with Crippen LogP contribution in [0.1, 0.15) is 82.6 Å². The van der Waals surface area contributed by atoms with E-state index in [9.17, 15) is 17.6 Å². The van der Waals surface area contributed by atoms with Gasteiger partial charge in [0, 0.05) is 11.1 Å². The first-order valence-electron chi connectivity index (χ1n) is 10.8. The molecule has 0 atom stereocenters. The molecule has 5 heteroatoms. The molecule has 0 unspecified atom stereocenters. The highest BCUT2D eigenvalue weighted by molar-refractivity contribution is 5.64. The molecule has 0 N–H and O–H groups in total. The number of unbranched alkanes of at least 4 members (excludes halogenated alkanes) is 4. The van der Waals surface area contributed by atoms with Crippen LogP contribution in [0.5, 0.6) is 0 Å². The Hall–Kier alpha value is -1.91. The molecule has 0 spiro atoms. The first kappa shape index (κ1) is 21.8. The summed E-state index contributed by atoms with van der Waals surface area (Å²) in [5.74, 6) is -3.60. The van der Waals surface area contributed by atoms with E-state index in [0.29, 0.717) is 12.0 Å². The number of benzene rings is 1. The summed E-state index contributed by atoms with van der Waals surface area (Å²) in [7, 11) is 0. The van der Waals surface area contributed by atoms with Gasteiger partial charge in [-0.15, -0.1) is 0 Å². The number of nitrogens with zero attached hydrogens (tertiary/aromatic N) is 1. The zero-order chi connectivity index (χ0) is 20.8. The Bertz CT molecular complexity index is 813. The first-order valence-corrected chi connectivity index (χ1v) is 10.8. The van der Waals surface area contributed by atoms with Gasteiger partial charge in [-0.2, -0.15) is 13.8 Å². The highest BCUT2D eigenvalue weighted by Gasteiger charge is 2.23. The van der Waals surface area contributed by atoms with E-state index in [2.05, 4.69) is 11.9 Å². The van der Waals surface area contributed by atoms with Gasteiger partial charge in [-0.05, 0) is 55.2 Å². The molecule has 158 valence electrons. The number of hydrogen-bond donors (Lipinski definition) is 0. The van der Waals surface area contributed by atoms with Crippen molar-refractivity contribution in [1.29, 1.82) is 0 Å². The lowest BCUT2D eigenvalue weighted by atomic mass is 9.77. The van der Waals surface area contributed by atoms with Gasteiger partial charge in [-0.1, -0.05) is 57.6 Å². The zero-order valence-corrected chi connectivity index (χ0v) is 17.0. The highest BCUT2D eigenvalue weighted by atomic mass is 19.2. The normalized spacial score (nSPS) is 19.5. The van der Waals surface area contributed by atoms with Gasteiger partial charge >= 0.3 is 0 Å². The fourth-order valence-electron chi connectivity index (χ4n) is 4.46. The number of pyridine rings is 1. The Morgan fingerprint density at radius 3 is 2.21 bits per heavy atom. The molecule has 0 saturated heterocycles. The lowest BCUT2D eigenvalue weighted by Gasteiger charge is -2.29. The second-order valence-electron chi connectivity index (χ2n) is 8.26. The van der Waals surface area contributed by atoms with Crippen molar-refractivity contribution < 1.29 is 17.6 Å². The molecule has 1 aromatic carbocycles. The van der Waals surface area contributed by atoms with E-state index in [-0.39, 0.29) is 11.1 Å². The predicted octanol–water partition coefficient (Wildman–Crippen LogP) is 7.94. The molecule has 1 aromatic heterocycles. The number of aromatic nitrogens is 1. The van der Waals surface area contributed by atoms with Crippen LogP contribution in [0.25, 0.3) is 11.1 Å². The molecule has 3 rings (SSSR count). The summed E-state index contributed by atoms with van der Waals surface area (Å²) in [6.07, 6.45) is 12.2. The monoisotopic (exact) mass is 407 g/mol. The third kappa shape index (κ3) is 5.58.